The molecule has 0 unspecified atom stereocenters. The zero-order valence-corrected chi connectivity index (χ0v) is 17.7. The zero-order valence-electron chi connectivity index (χ0n) is 16.9. The van der Waals surface area contributed by atoms with Gasteiger partial charge in [-0.25, -0.2) is 4.39 Å². The van der Waals surface area contributed by atoms with Crippen LogP contribution in [0, 0.1) is 5.82 Å². The molecule has 1 N–H and O–H groups in total. The molecule has 0 saturated carbocycles. The zero-order chi connectivity index (χ0) is 21.5. The summed E-state index contributed by atoms with van der Waals surface area (Å²) < 4.78 is 21.6. The van der Waals surface area contributed by atoms with Crippen LogP contribution in [0.4, 0.5) is 4.39 Å². The molecule has 158 valence electrons. The van der Waals surface area contributed by atoms with E-state index < -0.39 is 0 Å². The van der Waals surface area contributed by atoms with Crippen molar-refractivity contribution >= 4 is 22.5 Å². The van der Waals surface area contributed by atoms with E-state index in [0.717, 1.165) is 27.7 Å². The van der Waals surface area contributed by atoms with Gasteiger partial charge in [0.05, 0.1) is 10.5 Å². The monoisotopic (exact) mass is 437 g/mol. The van der Waals surface area contributed by atoms with Crippen molar-refractivity contribution < 1.29 is 9.13 Å². The minimum Gasteiger partial charge on any atom is -0.490 e. The number of rotatable bonds is 3. The second kappa shape index (κ2) is 7.87. The Morgan fingerprint density at radius 2 is 2.06 bits per heavy atom. The molecule has 0 spiro atoms. The van der Waals surface area contributed by atoms with Crippen LogP contribution in [0.2, 0.25) is 5.02 Å². The van der Waals surface area contributed by atoms with Crippen LogP contribution < -0.4 is 10.3 Å². The molecule has 7 heteroatoms. The van der Waals surface area contributed by atoms with Crippen LogP contribution in [-0.4, -0.2) is 27.6 Å². The summed E-state index contributed by atoms with van der Waals surface area (Å²) in [7, 11) is 0. The molecular weight excluding hydrogens is 417 g/mol. The number of benzene rings is 2. The second-order valence-corrected chi connectivity index (χ2v) is 8.20. The van der Waals surface area contributed by atoms with Crippen LogP contribution in [0.25, 0.3) is 16.6 Å². The first-order chi connectivity index (χ1) is 15.0. The van der Waals surface area contributed by atoms with Crippen LogP contribution in [-0.2, 0) is 6.54 Å². The molecule has 5 rings (SSSR count). The number of H-pyrrole nitrogens is 1. The van der Waals surface area contributed by atoms with Gasteiger partial charge in [0.15, 0.2) is 0 Å². The Hall–Kier alpha value is -3.09. The normalized spacial score (nSPS) is 16.7. The molecular formula is C24H21ClFN3O2. The van der Waals surface area contributed by atoms with Crippen molar-refractivity contribution in [2.24, 2.45) is 0 Å². The van der Waals surface area contributed by atoms with Gasteiger partial charge in [-0.2, -0.15) is 0 Å². The summed E-state index contributed by atoms with van der Waals surface area (Å²) in [6, 6.07) is 14.1. The first kappa shape index (κ1) is 19.8. The Kier molecular flexibility index (Phi) is 5.04. The van der Waals surface area contributed by atoms with Crippen molar-refractivity contribution in [3.63, 3.8) is 0 Å². The topological polar surface area (TPSA) is 50.3 Å². The maximum absolute atomic E-state index is 13.6. The summed E-state index contributed by atoms with van der Waals surface area (Å²) in [6.07, 6.45) is 3.58. The molecule has 2 aromatic carbocycles. The second-order valence-electron chi connectivity index (χ2n) is 7.79. The quantitative estimate of drug-likeness (QED) is 0.487. The Morgan fingerprint density at radius 1 is 1.19 bits per heavy atom. The van der Waals surface area contributed by atoms with Crippen molar-refractivity contribution in [3.8, 4) is 11.4 Å². The van der Waals surface area contributed by atoms with E-state index in [1.165, 1.54) is 12.1 Å². The van der Waals surface area contributed by atoms with Crippen molar-refractivity contribution in [1.82, 2.24) is 14.5 Å². The van der Waals surface area contributed by atoms with Gasteiger partial charge in [-0.15, -0.1) is 0 Å². The largest absolute Gasteiger partial charge is 0.490 e. The summed E-state index contributed by atoms with van der Waals surface area (Å²) in [4.78, 5) is 16.6. The number of fused-ring (bicyclic) bond motifs is 2. The average Bonchev–Trinajstić information content (AvgIpc) is 3.09. The fraction of sp³-hybridized carbons (Fsp3) is 0.208. The van der Waals surface area contributed by atoms with Gasteiger partial charge < -0.3 is 14.3 Å². The van der Waals surface area contributed by atoms with E-state index in [0.29, 0.717) is 30.5 Å². The number of pyridine rings is 1. The number of nitrogens with zero attached hydrogens (tertiary/aromatic N) is 2. The van der Waals surface area contributed by atoms with E-state index in [2.05, 4.69) is 22.9 Å². The van der Waals surface area contributed by atoms with Gasteiger partial charge in [0, 0.05) is 54.2 Å². The maximum Gasteiger partial charge on any atom is 0.248 e. The lowest BCUT2D eigenvalue weighted by molar-refractivity contribution is 0.183. The highest BCUT2D eigenvalue weighted by molar-refractivity contribution is 6.32. The molecule has 4 aromatic rings. The fourth-order valence-electron chi connectivity index (χ4n) is 4.23. The minimum absolute atomic E-state index is 0.0218. The molecule has 31 heavy (non-hydrogen) atoms. The summed E-state index contributed by atoms with van der Waals surface area (Å²) >= 11 is 6.64. The fourth-order valence-corrected chi connectivity index (χ4v) is 4.51. The predicted molar refractivity (Wildman–Crippen MR) is 120 cm³/mol. The number of ether oxygens (including phenoxy) is 1. The van der Waals surface area contributed by atoms with Gasteiger partial charge >= 0.3 is 0 Å². The maximum atomic E-state index is 13.6. The van der Waals surface area contributed by atoms with E-state index >= 15 is 0 Å². The summed E-state index contributed by atoms with van der Waals surface area (Å²) in [5.74, 6) is 0.427. The highest BCUT2D eigenvalue weighted by atomic mass is 35.5. The molecule has 0 radical (unpaired) electrons. The first-order valence-electron chi connectivity index (χ1n) is 10.1. The first-order valence-corrected chi connectivity index (χ1v) is 10.5. The van der Waals surface area contributed by atoms with Crippen molar-refractivity contribution in [3.05, 3.63) is 93.2 Å². The standard InChI is InChI=1S/C24H21ClFN3O2/c1-15-20-12-19(29-7-5-17-11-18(26)2-3-22(17)29)13-21(25)24(20)31-9-8-28(15)14-16-4-6-27-23(30)10-16/h2-7,10-13,15H,8-9,14H2,1H3,(H,27,30)/t15-/m1/s1. The Balaban J connectivity index is 1.55. The molecule has 1 atom stereocenters. The summed E-state index contributed by atoms with van der Waals surface area (Å²) in [5.41, 5.74) is 3.60. The van der Waals surface area contributed by atoms with Gasteiger partial charge in [0.1, 0.15) is 18.2 Å². The van der Waals surface area contributed by atoms with Crippen molar-refractivity contribution in [1.29, 1.82) is 0 Å². The molecule has 0 fully saturated rings. The predicted octanol–water partition coefficient (Wildman–Crippen LogP) is 5.07. The third-order valence-corrected chi connectivity index (χ3v) is 6.12. The van der Waals surface area contributed by atoms with Gasteiger partial charge in [0.2, 0.25) is 5.56 Å². The van der Waals surface area contributed by atoms with Crippen LogP contribution in [0.3, 0.4) is 0 Å². The molecule has 0 amide bonds. The highest BCUT2D eigenvalue weighted by Crippen LogP contribution is 2.40. The number of hydrogen-bond acceptors (Lipinski definition) is 3. The molecule has 2 aromatic heterocycles. The lowest BCUT2D eigenvalue weighted by Crippen LogP contribution is -2.29. The summed E-state index contributed by atoms with van der Waals surface area (Å²) in [6.45, 7) is 3.96. The molecule has 0 aliphatic carbocycles. The van der Waals surface area contributed by atoms with Gasteiger partial charge in [0.25, 0.3) is 0 Å². The smallest absolute Gasteiger partial charge is 0.248 e. The number of aromatic nitrogens is 2. The van der Waals surface area contributed by atoms with Gasteiger partial charge in [-0.3, -0.25) is 9.69 Å². The van der Waals surface area contributed by atoms with E-state index in [1.807, 2.05) is 29.0 Å². The van der Waals surface area contributed by atoms with Crippen LogP contribution in [0.15, 0.2) is 65.7 Å². The third-order valence-electron chi connectivity index (χ3n) is 5.84. The van der Waals surface area contributed by atoms with Gasteiger partial charge in [-0.1, -0.05) is 11.6 Å². The number of aromatic amines is 1. The Bertz CT molecular complexity index is 1330. The number of hydrogen-bond donors (Lipinski definition) is 1. The lowest BCUT2D eigenvalue weighted by Gasteiger charge is -2.27. The Morgan fingerprint density at radius 3 is 2.90 bits per heavy atom. The molecule has 0 bridgehead atoms. The van der Waals surface area contributed by atoms with Crippen LogP contribution in [0.1, 0.15) is 24.1 Å². The van der Waals surface area contributed by atoms with E-state index in [1.54, 1.807) is 18.3 Å². The van der Waals surface area contributed by atoms with Crippen molar-refractivity contribution in [2.75, 3.05) is 13.2 Å². The van der Waals surface area contributed by atoms with E-state index in [9.17, 15) is 9.18 Å². The molecule has 5 nitrogen and oxygen atoms in total. The van der Waals surface area contributed by atoms with E-state index in [4.69, 9.17) is 16.3 Å². The Labute approximate surface area is 183 Å². The molecule has 1 aliphatic rings. The molecule has 0 saturated heterocycles. The minimum atomic E-state index is -0.261. The van der Waals surface area contributed by atoms with Crippen molar-refractivity contribution in [2.45, 2.75) is 19.5 Å². The molecule has 1 aliphatic heterocycles. The van der Waals surface area contributed by atoms with Crippen LogP contribution >= 0.6 is 11.6 Å². The number of halogens is 2. The van der Waals surface area contributed by atoms with Crippen LogP contribution in [0.5, 0.6) is 5.75 Å². The van der Waals surface area contributed by atoms with E-state index in [-0.39, 0.29) is 17.4 Å². The summed E-state index contributed by atoms with van der Waals surface area (Å²) in [5, 5.41) is 1.37. The number of nitrogens with one attached hydrogen (secondary N) is 1. The lowest BCUT2D eigenvalue weighted by atomic mass is 10.0. The third kappa shape index (κ3) is 3.73. The van der Waals surface area contributed by atoms with Gasteiger partial charge in [-0.05, 0) is 55.0 Å². The highest BCUT2D eigenvalue weighted by Gasteiger charge is 2.26. The molecule has 3 heterocycles. The average molecular weight is 438 g/mol. The SMILES string of the molecule is C[C@@H]1c2cc(-n3ccc4cc(F)ccc43)cc(Cl)c2OCCN1Cc1cc[nH]c(=O)c1.